The van der Waals surface area contributed by atoms with Crippen LogP contribution in [0.1, 0.15) is 37.8 Å². The minimum Gasteiger partial charge on any atom is -0.343 e. The molecule has 1 fully saturated rings. The monoisotopic (exact) mass is 288 g/mol. The van der Waals surface area contributed by atoms with Crippen molar-refractivity contribution in [3.8, 4) is 0 Å². The molecule has 1 amide bonds. The highest BCUT2D eigenvalue weighted by atomic mass is 16.2. The summed E-state index contributed by atoms with van der Waals surface area (Å²) in [4.78, 5) is 16.9. The zero-order chi connectivity index (χ0) is 15.2. The first-order chi connectivity index (χ1) is 10.1. The number of hydrogen-bond donors (Lipinski definition) is 0. The molecule has 0 saturated carbocycles. The van der Waals surface area contributed by atoms with Crippen molar-refractivity contribution in [2.45, 2.75) is 40.2 Å². The molecule has 1 unspecified atom stereocenters. The first kappa shape index (κ1) is 16.0. The lowest BCUT2D eigenvalue weighted by Gasteiger charge is -2.34. The van der Waals surface area contributed by atoms with Crippen LogP contribution in [-0.2, 0) is 11.3 Å². The van der Waals surface area contributed by atoms with E-state index in [1.165, 1.54) is 11.1 Å². The average molecular weight is 288 g/mol. The number of carbonyl (C=O) groups is 1. The summed E-state index contributed by atoms with van der Waals surface area (Å²) < 4.78 is 0. The van der Waals surface area contributed by atoms with E-state index in [0.717, 1.165) is 45.6 Å². The second-order valence-corrected chi connectivity index (χ2v) is 6.07. The first-order valence-corrected chi connectivity index (χ1v) is 8.20. The topological polar surface area (TPSA) is 23.6 Å². The van der Waals surface area contributed by atoms with E-state index in [4.69, 9.17) is 0 Å². The first-order valence-electron chi connectivity index (χ1n) is 8.20. The quantitative estimate of drug-likeness (QED) is 0.831. The van der Waals surface area contributed by atoms with Crippen molar-refractivity contribution in [3.05, 3.63) is 35.4 Å². The second kappa shape index (κ2) is 7.60. The standard InChI is InChI=1S/C18H28N2O/c1-4-20(5-2)18(21)17-7-6-12-19(14-17)13-16-10-8-15(3)9-11-16/h8-11,17H,4-7,12-14H2,1-3H3. The molecule has 1 saturated heterocycles. The van der Waals surface area contributed by atoms with Crippen LogP contribution in [0.15, 0.2) is 24.3 Å². The summed E-state index contributed by atoms with van der Waals surface area (Å²) in [6.07, 6.45) is 2.17. The van der Waals surface area contributed by atoms with Crippen LogP contribution >= 0.6 is 0 Å². The van der Waals surface area contributed by atoms with Crippen molar-refractivity contribution in [2.24, 2.45) is 5.92 Å². The smallest absolute Gasteiger partial charge is 0.226 e. The molecule has 0 radical (unpaired) electrons. The predicted molar refractivity (Wildman–Crippen MR) is 87.1 cm³/mol. The van der Waals surface area contributed by atoms with E-state index in [9.17, 15) is 4.79 Å². The number of rotatable bonds is 5. The van der Waals surface area contributed by atoms with Crippen molar-refractivity contribution in [3.63, 3.8) is 0 Å². The highest BCUT2D eigenvalue weighted by molar-refractivity contribution is 5.79. The maximum atomic E-state index is 12.5. The lowest BCUT2D eigenvalue weighted by Crippen LogP contribution is -2.44. The normalized spacial score (nSPS) is 19.5. The van der Waals surface area contributed by atoms with E-state index < -0.39 is 0 Å². The predicted octanol–water partition coefficient (Wildman–Crippen LogP) is 3.08. The fourth-order valence-electron chi connectivity index (χ4n) is 3.15. The molecule has 0 aliphatic carbocycles. The van der Waals surface area contributed by atoms with Gasteiger partial charge >= 0.3 is 0 Å². The summed E-state index contributed by atoms with van der Waals surface area (Å²) in [5.74, 6) is 0.526. The summed E-state index contributed by atoms with van der Waals surface area (Å²) >= 11 is 0. The summed E-state index contributed by atoms with van der Waals surface area (Å²) in [6, 6.07) is 8.73. The van der Waals surface area contributed by atoms with Crippen molar-refractivity contribution in [1.82, 2.24) is 9.80 Å². The number of aryl methyl sites for hydroxylation is 1. The van der Waals surface area contributed by atoms with E-state index in [-0.39, 0.29) is 5.92 Å². The van der Waals surface area contributed by atoms with Gasteiger partial charge in [-0.25, -0.2) is 0 Å². The molecule has 1 aliphatic heterocycles. The molecule has 2 rings (SSSR count). The van der Waals surface area contributed by atoms with Crippen molar-refractivity contribution in [1.29, 1.82) is 0 Å². The summed E-state index contributed by atoms with van der Waals surface area (Å²) in [6.45, 7) is 10.9. The number of likely N-dealkylation sites (tertiary alicyclic amines) is 1. The third-order valence-corrected chi connectivity index (χ3v) is 4.46. The Balaban J connectivity index is 1.94. The zero-order valence-electron chi connectivity index (χ0n) is 13.6. The molecule has 1 aliphatic rings. The maximum absolute atomic E-state index is 12.5. The van der Waals surface area contributed by atoms with Crippen LogP contribution in [0.2, 0.25) is 0 Å². The highest BCUT2D eigenvalue weighted by Gasteiger charge is 2.28. The fraction of sp³-hybridized carbons (Fsp3) is 0.611. The van der Waals surface area contributed by atoms with E-state index in [1.54, 1.807) is 0 Å². The Labute approximate surface area is 128 Å². The van der Waals surface area contributed by atoms with E-state index in [2.05, 4.69) is 49.9 Å². The second-order valence-electron chi connectivity index (χ2n) is 6.07. The molecule has 0 aromatic heterocycles. The SMILES string of the molecule is CCN(CC)C(=O)C1CCCN(Cc2ccc(C)cc2)C1. The van der Waals surface area contributed by atoms with Crippen molar-refractivity contribution < 1.29 is 4.79 Å². The van der Waals surface area contributed by atoms with Crippen LogP contribution in [0.4, 0.5) is 0 Å². The highest BCUT2D eigenvalue weighted by Crippen LogP contribution is 2.20. The number of carbonyl (C=O) groups excluding carboxylic acids is 1. The Morgan fingerprint density at radius 3 is 2.52 bits per heavy atom. The lowest BCUT2D eigenvalue weighted by atomic mass is 9.96. The van der Waals surface area contributed by atoms with E-state index in [1.807, 2.05) is 4.90 Å². The van der Waals surface area contributed by atoms with Gasteiger partial charge in [-0.15, -0.1) is 0 Å². The number of piperidine rings is 1. The lowest BCUT2D eigenvalue weighted by molar-refractivity contribution is -0.137. The van der Waals surface area contributed by atoms with Gasteiger partial charge in [-0.1, -0.05) is 29.8 Å². The minimum absolute atomic E-state index is 0.184. The fourth-order valence-corrected chi connectivity index (χ4v) is 3.15. The molecule has 21 heavy (non-hydrogen) atoms. The van der Waals surface area contributed by atoms with Crippen molar-refractivity contribution >= 4 is 5.91 Å². The average Bonchev–Trinajstić information content (AvgIpc) is 2.51. The van der Waals surface area contributed by atoms with E-state index in [0.29, 0.717) is 5.91 Å². The van der Waals surface area contributed by atoms with Gasteiger partial charge in [-0.3, -0.25) is 9.69 Å². The molecule has 1 heterocycles. The maximum Gasteiger partial charge on any atom is 0.226 e. The van der Waals surface area contributed by atoms with Crippen LogP contribution in [0.3, 0.4) is 0 Å². The molecule has 1 aromatic carbocycles. The van der Waals surface area contributed by atoms with Crippen LogP contribution in [-0.4, -0.2) is 41.9 Å². The van der Waals surface area contributed by atoms with Crippen LogP contribution in [0.25, 0.3) is 0 Å². The zero-order valence-corrected chi connectivity index (χ0v) is 13.6. The number of hydrogen-bond acceptors (Lipinski definition) is 2. The molecule has 3 heteroatoms. The Hall–Kier alpha value is -1.35. The molecule has 0 spiro atoms. The number of nitrogens with zero attached hydrogens (tertiary/aromatic N) is 2. The molecule has 0 N–H and O–H groups in total. The number of benzene rings is 1. The molecular weight excluding hydrogens is 260 g/mol. The van der Waals surface area contributed by atoms with Crippen molar-refractivity contribution in [2.75, 3.05) is 26.2 Å². The van der Waals surface area contributed by atoms with Crippen LogP contribution in [0.5, 0.6) is 0 Å². The Morgan fingerprint density at radius 2 is 1.90 bits per heavy atom. The van der Waals surface area contributed by atoms with Gasteiger partial charge in [-0.05, 0) is 45.7 Å². The Bertz CT molecular complexity index is 451. The third kappa shape index (κ3) is 4.31. The largest absolute Gasteiger partial charge is 0.343 e. The summed E-state index contributed by atoms with van der Waals surface area (Å²) in [5, 5.41) is 0. The van der Waals surface area contributed by atoms with Crippen LogP contribution in [0, 0.1) is 12.8 Å². The van der Waals surface area contributed by atoms with Gasteiger partial charge in [0, 0.05) is 26.2 Å². The molecular formula is C18H28N2O. The van der Waals surface area contributed by atoms with Gasteiger partial charge in [0.15, 0.2) is 0 Å². The van der Waals surface area contributed by atoms with Gasteiger partial charge in [0.2, 0.25) is 5.91 Å². The molecule has 3 nitrogen and oxygen atoms in total. The summed E-state index contributed by atoms with van der Waals surface area (Å²) in [5.41, 5.74) is 2.64. The molecule has 116 valence electrons. The minimum atomic E-state index is 0.184. The molecule has 1 atom stereocenters. The van der Waals surface area contributed by atoms with Crippen LogP contribution < -0.4 is 0 Å². The Morgan fingerprint density at radius 1 is 1.24 bits per heavy atom. The van der Waals surface area contributed by atoms with Gasteiger partial charge in [0.1, 0.15) is 0 Å². The Kier molecular flexibility index (Phi) is 5.80. The third-order valence-electron chi connectivity index (χ3n) is 4.46. The van der Waals surface area contributed by atoms with E-state index >= 15 is 0 Å². The van der Waals surface area contributed by atoms with Gasteiger partial charge in [0.05, 0.1) is 5.92 Å². The van der Waals surface area contributed by atoms with Gasteiger partial charge in [0.25, 0.3) is 0 Å². The molecule has 0 bridgehead atoms. The molecule has 1 aromatic rings. The van der Waals surface area contributed by atoms with Gasteiger partial charge in [-0.2, -0.15) is 0 Å². The summed E-state index contributed by atoms with van der Waals surface area (Å²) in [7, 11) is 0. The van der Waals surface area contributed by atoms with Gasteiger partial charge < -0.3 is 4.90 Å². The number of amides is 1.